The van der Waals surface area contributed by atoms with Crippen molar-refractivity contribution in [3.8, 4) is 5.75 Å². The molecule has 2 aromatic carbocycles. The van der Waals surface area contributed by atoms with Gasteiger partial charge in [0.25, 0.3) is 0 Å². The molecule has 0 amide bonds. The molecule has 0 atom stereocenters. The lowest BCUT2D eigenvalue weighted by Crippen LogP contribution is -2.26. The molecule has 0 unspecified atom stereocenters. The Kier molecular flexibility index (Phi) is 8.47. The van der Waals surface area contributed by atoms with Crippen molar-refractivity contribution >= 4 is 16.0 Å². The van der Waals surface area contributed by atoms with Gasteiger partial charge in [0, 0.05) is 19.0 Å². The van der Waals surface area contributed by atoms with Crippen LogP contribution in [0.1, 0.15) is 30.9 Å². The van der Waals surface area contributed by atoms with Gasteiger partial charge in [0.2, 0.25) is 10.0 Å². The van der Waals surface area contributed by atoms with E-state index in [9.17, 15) is 13.2 Å². The lowest BCUT2D eigenvalue weighted by Gasteiger charge is -2.09. The normalized spacial score (nSPS) is 11.2. The first-order valence-electron chi connectivity index (χ1n) is 9.31. The first-order chi connectivity index (χ1) is 13.4. The molecular weight excluding hydrogens is 378 g/mol. The first-order valence-corrected chi connectivity index (χ1v) is 10.8. The topological polar surface area (TPSA) is 81.7 Å². The number of carbonyl (C=O) groups excluding carboxylic acids is 1. The lowest BCUT2D eigenvalue weighted by atomic mass is 10.0. The maximum atomic E-state index is 12.4. The molecule has 0 aliphatic heterocycles. The van der Waals surface area contributed by atoms with E-state index in [1.165, 1.54) is 19.2 Å². The monoisotopic (exact) mass is 405 g/mol. The zero-order chi connectivity index (χ0) is 20.4. The van der Waals surface area contributed by atoms with Crippen molar-refractivity contribution < 1.29 is 22.7 Å². The molecule has 6 nitrogen and oxygen atoms in total. The van der Waals surface area contributed by atoms with Crippen LogP contribution in [0.25, 0.3) is 0 Å². The van der Waals surface area contributed by atoms with E-state index >= 15 is 0 Å². The molecule has 0 aliphatic carbocycles. The van der Waals surface area contributed by atoms with Crippen LogP contribution in [0.3, 0.4) is 0 Å². The summed E-state index contributed by atoms with van der Waals surface area (Å²) in [7, 11) is -2.07. The van der Waals surface area contributed by atoms with E-state index in [1.54, 1.807) is 19.1 Å². The second-order valence-electron chi connectivity index (χ2n) is 6.30. The fourth-order valence-electron chi connectivity index (χ4n) is 2.72. The smallest absolute Gasteiger partial charge is 0.305 e. The summed E-state index contributed by atoms with van der Waals surface area (Å²) >= 11 is 0. The van der Waals surface area contributed by atoms with E-state index in [0.717, 1.165) is 24.0 Å². The summed E-state index contributed by atoms with van der Waals surface area (Å²) in [5.41, 5.74) is 2.19. The fraction of sp³-hybridized carbons (Fsp3) is 0.381. The standard InChI is InChI=1S/C21H27NO5S/c1-3-27-21(23)9-4-6-17-10-12-18(13-11-17)14-15-22-28(24,25)20-8-5-7-19(16-20)26-2/h5,7-8,10-13,16,22H,3-4,6,9,14-15H2,1-2H3. The van der Waals surface area contributed by atoms with Gasteiger partial charge in [-0.2, -0.15) is 0 Å². The summed E-state index contributed by atoms with van der Waals surface area (Å²) in [6.07, 6.45) is 2.56. The minimum absolute atomic E-state index is 0.164. The molecular formula is C21H27NO5S. The van der Waals surface area contributed by atoms with Crippen molar-refractivity contribution in [2.75, 3.05) is 20.3 Å². The Morgan fingerprint density at radius 1 is 1.04 bits per heavy atom. The van der Waals surface area contributed by atoms with Gasteiger partial charge in [-0.3, -0.25) is 4.79 Å². The first kappa shape index (κ1) is 21.9. The van der Waals surface area contributed by atoms with Gasteiger partial charge in [-0.25, -0.2) is 13.1 Å². The van der Waals surface area contributed by atoms with Crippen LogP contribution >= 0.6 is 0 Å². The summed E-state index contributed by atoms with van der Waals surface area (Å²) in [4.78, 5) is 11.5. The number of esters is 1. The number of methoxy groups -OCH3 is 1. The van der Waals surface area contributed by atoms with Crippen LogP contribution < -0.4 is 9.46 Å². The number of hydrogen-bond acceptors (Lipinski definition) is 5. The molecule has 152 valence electrons. The zero-order valence-corrected chi connectivity index (χ0v) is 17.1. The van der Waals surface area contributed by atoms with Crippen LogP contribution in [0.15, 0.2) is 53.4 Å². The molecule has 0 radical (unpaired) electrons. The summed E-state index contributed by atoms with van der Waals surface area (Å²) in [6, 6.07) is 14.4. The van der Waals surface area contributed by atoms with Gasteiger partial charge >= 0.3 is 5.97 Å². The number of hydrogen-bond donors (Lipinski definition) is 1. The number of nitrogens with one attached hydrogen (secondary N) is 1. The molecule has 0 saturated heterocycles. The SMILES string of the molecule is CCOC(=O)CCCc1ccc(CCNS(=O)(=O)c2cccc(OC)c2)cc1. The highest BCUT2D eigenvalue weighted by atomic mass is 32.2. The minimum Gasteiger partial charge on any atom is -0.497 e. The Hall–Kier alpha value is -2.38. The molecule has 28 heavy (non-hydrogen) atoms. The van der Waals surface area contributed by atoms with Crippen LogP contribution in [0, 0.1) is 0 Å². The van der Waals surface area contributed by atoms with Crippen molar-refractivity contribution in [1.82, 2.24) is 4.72 Å². The van der Waals surface area contributed by atoms with Gasteiger partial charge in [-0.1, -0.05) is 30.3 Å². The third-order valence-corrected chi connectivity index (χ3v) is 5.69. The highest BCUT2D eigenvalue weighted by molar-refractivity contribution is 7.89. The van der Waals surface area contributed by atoms with Crippen LogP contribution in [0.5, 0.6) is 5.75 Å². The van der Waals surface area contributed by atoms with Gasteiger partial charge < -0.3 is 9.47 Å². The Labute approximate surface area is 166 Å². The summed E-state index contributed by atoms with van der Waals surface area (Å²) in [6.45, 7) is 2.52. The second-order valence-corrected chi connectivity index (χ2v) is 8.07. The summed E-state index contributed by atoms with van der Waals surface area (Å²) in [5, 5.41) is 0. The average Bonchev–Trinajstić information content (AvgIpc) is 2.69. The number of aryl methyl sites for hydroxylation is 1. The zero-order valence-electron chi connectivity index (χ0n) is 16.3. The van der Waals surface area contributed by atoms with E-state index in [-0.39, 0.29) is 10.9 Å². The molecule has 0 aromatic heterocycles. The summed E-state index contributed by atoms with van der Waals surface area (Å²) < 4.78 is 37.3. The Morgan fingerprint density at radius 2 is 1.71 bits per heavy atom. The molecule has 0 spiro atoms. The molecule has 2 aromatic rings. The Bertz CT molecular complexity index is 863. The van der Waals surface area contributed by atoms with E-state index in [1.807, 2.05) is 24.3 Å². The van der Waals surface area contributed by atoms with Gasteiger partial charge in [-0.05, 0) is 49.4 Å². The van der Waals surface area contributed by atoms with Crippen molar-refractivity contribution in [2.45, 2.75) is 37.5 Å². The third-order valence-electron chi connectivity index (χ3n) is 4.23. The Balaban J connectivity index is 1.80. The Morgan fingerprint density at radius 3 is 2.36 bits per heavy atom. The number of carbonyl (C=O) groups is 1. The molecule has 2 rings (SSSR count). The second kappa shape index (κ2) is 10.8. The van der Waals surface area contributed by atoms with Crippen LogP contribution in [-0.4, -0.2) is 34.6 Å². The quantitative estimate of drug-likeness (QED) is 0.581. The molecule has 0 heterocycles. The molecule has 0 fully saturated rings. The van der Waals surface area contributed by atoms with Crippen molar-refractivity contribution in [2.24, 2.45) is 0 Å². The lowest BCUT2D eigenvalue weighted by molar-refractivity contribution is -0.143. The molecule has 7 heteroatoms. The number of ether oxygens (including phenoxy) is 2. The molecule has 0 saturated carbocycles. The van der Waals surface area contributed by atoms with Gasteiger partial charge in [0.15, 0.2) is 0 Å². The number of rotatable bonds is 11. The maximum absolute atomic E-state index is 12.4. The number of sulfonamides is 1. The van der Waals surface area contributed by atoms with E-state index in [0.29, 0.717) is 31.7 Å². The highest BCUT2D eigenvalue weighted by Crippen LogP contribution is 2.17. The van der Waals surface area contributed by atoms with Crippen LogP contribution in [0.2, 0.25) is 0 Å². The summed E-state index contributed by atoms with van der Waals surface area (Å²) in [5.74, 6) is 0.337. The van der Waals surface area contributed by atoms with Crippen LogP contribution in [0.4, 0.5) is 0 Å². The number of benzene rings is 2. The van der Waals surface area contributed by atoms with Crippen LogP contribution in [-0.2, 0) is 32.4 Å². The van der Waals surface area contributed by atoms with E-state index < -0.39 is 10.0 Å². The van der Waals surface area contributed by atoms with E-state index in [2.05, 4.69) is 4.72 Å². The van der Waals surface area contributed by atoms with Gasteiger partial charge in [0.05, 0.1) is 18.6 Å². The third kappa shape index (κ3) is 6.98. The van der Waals surface area contributed by atoms with E-state index in [4.69, 9.17) is 9.47 Å². The van der Waals surface area contributed by atoms with Crippen molar-refractivity contribution in [3.63, 3.8) is 0 Å². The minimum atomic E-state index is -3.57. The van der Waals surface area contributed by atoms with Crippen molar-refractivity contribution in [3.05, 3.63) is 59.7 Å². The average molecular weight is 406 g/mol. The highest BCUT2D eigenvalue weighted by Gasteiger charge is 2.14. The van der Waals surface area contributed by atoms with Gasteiger partial charge in [-0.15, -0.1) is 0 Å². The van der Waals surface area contributed by atoms with Crippen molar-refractivity contribution in [1.29, 1.82) is 0 Å². The fourth-order valence-corrected chi connectivity index (χ4v) is 3.79. The molecule has 1 N–H and O–H groups in total. The predicted molar refractivity (Wildman–Crippen MR) is 108 cm³/mol. The maximum Gasteiger partial charge on any atom is 0.305 e. The molecule has 0 aliphatic rings. The largest absolute Gasteiger partial charge is 0.497 e. The predicted octanol–water partition coefficient (Wildman–Crippen LogP) is 3.10. The van der Waals surface area contributed by atoms with Gasteiger partial charge in [0.1, 0.15) is 5.75 Å². The molecule has 0 bridgehead atoms.